The topological polar surface area (TPSA) is 73.8 Å². The quantitative estimate of drug-likeness (QED) is 0.343. The SMILES string of the molecule is CCCCCNC(=NCCCN(C)S(=O)(=O)CC)NCC. The summed E-state index contributed by atoms with van der Waals surface area (Å²) in [4.78, 5) is 4.46. The van der Waals surface area contributed by atoms with Crippen LogP contribution >= 0.6 is 0 Å². The average Bonchev–Trinajstić information content (AvgIpc) is 2.47. The van der Waals surface area contributed by atoms with Crippen LogP contribution in [0.25, 0.3) is 0 Å². The van der Waals surface area contributed by atoms with E-state index in [1.165, 1.54) is 17.1 Å². The molecule has 7 heteroatoms. The Morgan fingerprint density at radius 2 is 1.81 bits per heavy atom. The maximum atomic E-state index is 11.6. The Morgan fingerprint density at radius 1 is 1.10 bits per heavy atom. The normalized spacial score (nSPS) is 12.7. The third kappa shape index (κ3) is 9.68. The second-order valence-electron chi connectivity index (χ2n) is 4.97. The van der Waals surface area contributed by atoms with Crippen molar-refractivity contribution in [2.45, 2.75) is 46.5 Å². The molecule has 0 saturated heterocycles. The van der Waals surface area contributed by atoms with E-state index in [4.69, 9.17) is 0 Å². The Kier molecular flexibility index (Phi) is 11.3. The Labute approximate surface area is 130 Å². The van der Waals surface area contributed by atoms with Crippen molar-refractivity contribution in [2.24, 2.45) is 4.99 Å². The summed E-state index contributed by atoms with van der Waals surface area (Å²) in [7, 11) is -1.45. The predicted molar refractivity (Wildman–Crippen MR) is 90.2 cm³/mol. The van der Waals surface area contributed by atoms with Gasteiger partial charge in [-0.05, 0) is 26.7 Å². The maximum absolute atomic E-state index is 11.6. The summed E-state index contributed by atoms with van der Waals surface area (Å²) >= 11 is 0. The van der Waals surface area contributed by atoms with Crippen molar-refractivity contribution in [3.8, 4) is 0 Å². The average molecular weight is 321 g/mol. The van der Waals surface area contributed by atoms with E-state index < -0.39 is 10.0 Å². The molecule has 0 aliphatic heterocycles. The fourth-order valence-electron chi connectivity index (χ4n) is 1.77. The number of sulfonamides is 1. The molecule has 0 aromatic rings. The highest BCUT2D eigenvalue weighted by molar-refractivity contribution is 7.89. The van der Waals surface area contributed by atoms with Gasteiger partial charge in [-0.15, -0.1) is 0 Å². The van der Waals surface area contributed by atoms with Crippen molar-refractivity contribution in [3.63, 3.8) is 0 Å². The lowest BCUT2D eigenvalue weighted by Crippen LogP contribution is -2.38. The number of hydrogen-bond donors (Lipinski definition) is 2. The number of nitrogens with one attached hydrogen (secondary N) is 2. The van der Waals surface area contributed by atoms with E-state index in [-0.39, 0.29) is 5.75 Å². The first-order valence-corrected chi connectivity index (χ1v) is 9.55. The van der Waals surface area contributed by atoms with Crippen LogP contribution in [0.4, 0.5) is 0 Å². The van der Waals surface area contributed by atoms with Gasteiger partial charge in [0.05, 0.1) is 5.75 Å². The number of aliphatic imine (C=N–C) groups is 1. The standard InChI is InChI=1S/C14H32N4O2S/c1-5-8-9-11-16-14(15-6-2)17-12-10-13-18(4)21(19,20)7-3/h5-13H2,1-4H3,(H2,15,16,17). The first-order valence-electron chi connectivity index (χ1n) is 7.94. The predicted octanol–water partition coefficient (Wildman–Crippen LogP) is 1.40. The summed E-state index contributed by atoms with van der Waals surface area (Å²) in [6.45, 7) is 8.74. The summed E-state index contributed by atoms with van der Waals surface area (Å²) in [6, 6.07) is 0. The van der Waals surface area contributed by atoms with E-state index in [1.807, 2.05) is 6.92 Å². The molecule has 126 valence electrons. The van der Waals surface area contributed by atoms with Gasteiger partial charge in [0.1, 0.15) is 0 Å². The lowest BCUT2D eigenvalue weighted by Gasteiger charge is -2.15. The van der Waals surface area contributed by atoms with Gasteiger partial charge < -0.3 is 10.6 Å². The van der Waals surface area contributed by atoms with Crippen molar-refractivity contribution in [3.05, 3.63) is 0 Å². The molecule has 2 N–H and O–H groups in total. The summed E-state index contributed by atoms with van der Waals surface area (Å²) < 4.78 is 24.6. The van der Waals surface area contributed by atoms with Crippen LogP contribution in [0.3, 0.4) is 0 Å². The highest BCUT2D eigenvalue weighted by Gasteiger charge is 2.13. The number of guanidine groups is 1. The minimum Gasteiger partial charge on any atom is -0.357 e. The molecule has 0 bridgehead atoms. The number of rotatable bonds is 11. The largest absolute Gasteiger partial charge is 0.357 e. The molecule has 0 aliphatic carbocycles. The van der Waals surface area contributed by atoms with Gasteiger partial charge in [0.25, 0.3) is 0 Å². The summed E-state index contributed by atoms with van der Waals surface area (Å²) in [5.41, 5.74) is 0. The van der Waals surface area contributed by atoms with Crippen molar-refractivity contribution in [1.82, 2.24) is 14.9 Å². The van der Waals surface area contributed by atoms with Crippen molar-refractivity contribution in [2.75, 3.05) is 39.0 Å². The molecule has 0 saturated carbocycles. The number of nitrogens with zero attached hydrogens (tertiary/aromatic N) is 2. The molecule has 0 aliphatic rings. The Bertz CT molecular complexity index is 382. The van der Waals surface area contributed by atoms with Crippen LogP contribution < -0.4 is 10.6 Å². The van der Waals surface area contributed by atoms with E-state index in [0.717, 1.165) is 31.9 Å². The van der Waals surface area contributed by atoms with Crippen molar-refractivity contribution < 1.29 is 8.42 Å². The minimum absolute atomic E-state index is 0.147. The third-order valence-electron chi connectivity index (χ3n) is 3.16. The summed E-state index contributed by atoms with van der Waals surface area (Å²) in [6.07, 6.45) is 4.28. The van der Waals surface area contributed by atoms with Crippen LogP contribution in [0, 0.1) is 0 Å². The number of unbranched alkanes of at least 4 members (excludes halogenated alkanes) is 2. The van der Waals surface area contributed by atoms with Gasteiger partial charge in [0.2, 0.25) is 10.0 Å². The maximum Gasteiger partial charge on any atom is 0.213 e. The molecule has 0 amide bonds. The zero-order valence-corrected chi connectivity index (χ0v) is 14.8. The van der Waals surface area contributed by atoms with Gasteiger partial charge >= 0.3 is 0 Å². The molecular weight excluding hydrogens is 288 g/mol. The molecule has 0 fully saturated rings. The van der Waals surface area contributed by atoms with Crippen LogP contribution in [-0.2, 0) is 10.0 Å². The zero-order chi connectivity index (χ0) is 16.1. The number of hydrogen-bond acceptors (Lipinski definition) is 3. The Balaban J connectivity index is 4.08. The smallest absolute Gasteiger partial charge is 0.213 e. The molecule has 0 spiro atoms. The molecule has 0 atom stereocenters. The monoisotopic (exact) mass is 320 g/mol. The molecule has 0 rings (SSSR count). The van der Waals surface area contributed by atoms with Crippen LogP contribution in [0.1, 0.15) is 46.5 Å². The lowest BCUT2D eigenvalue weighted by molar-refractivity contribution is 0.464. The lowest BCUT2D eigenvalue weighted by atomic mass is 10.2. The van der Waals surface area contributed by atoms with Gasteiger partial charge in [-0.3, -0.25) is 4.99 Å². The molecule has 0 aromatic carbocycles. The zero-order valence-electron chi connectivity index (χ0n) is 14.0. The third-order valence-corrected chi connectivity index (χ3v) is 5.02. The molecule has 0 radical (unpaired) electrons. The summed E-state index contributed by atoms with van der Waals surface area (Å²) in [5, 5.41) is 6.49. The van der Waals surface area contributed by atoms with Crippen molar-refractivity contribution in [1.29, 1.82) is 0 Å². The second-order valence-corrected chi connectivity index (χ2v) is 7.33. The first-order chi connectivity index (χ1) is 9.97. The van der Waals surface area contributed by atoms with Gasteiger partial charge in [-0.2, -0.15) is 0 Å². The van der Waals surface area contributed by atoms with Gasteiger partial charge in [0.15, 0.2) is 5.96 Å². The van der Waals surface area contributed by atoms with Crippen LogP contribution in [0.2, 0.25) is 0 Å². The second kappa shape index (κ2) is 11.8. The highest BCUT2D eigenvalue weighted by atomic mass is 32.2. The van der Waals surface area contributed by atoms with Crippen LogP contribution in [0.5, 0.6) is 0 Å². The van der Waals surface area contributed by atoms with E-state index in [0.29, 0.717) is 13.1 Å². The van der Waals surface area contributed by atoms with E-state index in [2.05, 4.69) is 22.5 Å². The highest BCUT2D eigenvalue weighted by Crippen LogP contribution is 1.99. The van der Waals surface area contributed by atoms with Crippen LogP contribution in [-0.4, -0.2) is 57.7 Å². The molecule has 21 heavy (non-hydrogen) atoms. The van der Waals surface area contributed by atoms with E-state index >= 15 is 0 Å². The Hall–Kier alpha value is -0.820. The summed E-state index contributed by atoms with van der Waals surface area (Å²) in [5.74, 6) is 0.962. The van der Waals surface area contributed by atoms with Gasteiger partial charge in [-0.1, -0.05) is 19.8 Å². The van der Waals surface area contributed by atoms with E-state index in [1.54, 1.807) is 14.0 Å². The molecule has 0 heterocycles. The van der Waals surface area contributed by atoms with Gasteiger partial charge in [-0.25, -0.2) is 12.7 Å². The fourth-order valence-corrected chi connectivity index (χ4v) is 2.62. The molecule has 0 aromatic heterocycles. The van der Waals surface area contributed by atoms with Crippen molar-refractivity contribution >= 4 is 16.0 Å². The molecule has 6 nitrogen and oxygen atoms in total. The minimum atomic E-state index is -3.08. The van der Waals surface area contributed by atoms with Gasteiger partial charge in [0, 0.05) is 33.2 Å². The first kappa shape index (κ1) is 20.2. The van der Waals surface area contributed by atoms with E-state index in [9.17, 15) is 8.42 Å². The fraction of sp³-hybridized carbons (Fsp3) is 0.929. The Morgan fingerprint density at radius 3 is 2.38 bits per heavy atom. The molecular formula is C14H32N4O2S. The molecule has 0 unspecified atom stereocenters. The van der Waals surface area contributed by atoms with Crippen LogP contribution in [0.15, 0.2) is 4.99 Å².